The summed E-state index contributed by atoms with van der Waals surface area (Å²) >= 11 is 0. The first kappa shape index (κ1) is 14.5. The summed E-state index contributed by atoms with van der Waals surface area (Å²) < 4.78 is 0. The van der Waals surface area contributed by atoms with Crippen molar-refractivity contribution >= 4 is 11.4 Å². The molecule has 1 N–H and O–H groups in total. The zero-order valence-corrected chi connectivity index (χ0v) is 12.8. The number of anilines is 2. The van der Waals surface area contributed by atoms with Gasteiger partial charge in [-0.2, -0.15) is 0 Å². The SMILES string of the molecule is CCNCc1cnc(C)cc1N(C)c1cccc(C)c1. The quantitative estimate of drug-likeness (QED) is 0.899. The maximum absolute atomic E-state index is 4.42. The van der Waals surface area contributed by atoms with Crippen LogP contribution in [0.1, 0.15) is 23.7 Å². The van der Waals surface area contributed by atoms with Crippen LogP contribution in [0.3, 0.4) is 0 Å². The summed E-state index contributed by atoms with van der Waals surface area (Å²) in [4.78, 5) is 6.65. The summed E-state index contributed by atoms with van der Waals surface area (Å²) in [6, 6.07) is 10.7. The van der Waals surface area contributed by atoms with Gasteiger partial charge in [0.15, 0.2) is 0 Å². The lowest BCUT2D eigenvalue weighted by Crippen LogP contribution is -2.17. The van der Waals surface area contributed by atoms with Crippen molar-refractivity contribution in [3.05, 3.63) is 53.3 Å². The molecule has 2 rings (SSSR count). The third-order valence-corrected chi connectivity index (χ3v) is 3.41. The molecule has 0 aliphatic carbocycles. The Labute approximate surface area is 121 Å². The van der Waals surface area contributed by atoms with Gasteiger partial charge in [0.25, 0.3) is 0 Å². The molecule has 3 heteroatoms. The van der Waals surface area contributed by atoms with E-state index in [9.17, 15) is 0 Å². The third kappa shape index (κ3) is 3.36. The van der Waals surface area contributed by atoms with E-state index in [0.717, 1.165) is 18.8 Å². The predicted octanol–water partition coefficient (Wildman–Crippen LogP) is 3.58. The van der Waals surface area contributed by atoms with Gasteiger partial charge in [0.05, 0.1) is 0 Å². The smallest absolute Gasteiger partial charge is 0.0487 e. The van der Waals surface area contributed by atoms with Gasteiger partial charge in [0.1, 0.15) is 0 Å². The predicted molar refractivity (Wildman–Crippen MR) is 85.6 cm³/mol. The fraction of sp³-hybridized carbons (Fsp3) is 0.353. The van der Waals surface area contributed by atoms with Crippen LogP contribution in [0.2, 0.25) is 0 Å². The Bertz CT molecular complexity index is 578. The standard InChI is InChI=1S/C17H23N3/c1-5-18-11-15-12-19-14(3)10-17(15)20(4)16-8-6-7-13(2)9-16/h6-10,12,18H,5,11H2,1-4H3. The molecule has 3 nitrogen and oxygen atoms in total. The van der Waals surface area contributed by atoms with Gasteiger partial charge in [-0.15, -0.1) is 0 Å². The summed E-state index contributed by atoms with van der Waals surface area (Å²) in [7, 11) is 2.11. The molecule has 0 bridgehead atoms. The highest BCUT2D eigenvalue weighted by molar-refractivity contribution is 5.66. The maximum Gasteiger partial charge on any atom is 0.0487 e. The van der Waals surface area contributed by atoms with Crippen LogP contribution in [0.25, 0.3) is 0 Å². The highest BCUT2D eigenvalue weighted by Crippen LogP contribution is 2.27. The molecule has 1 aromatic carbocycles. The van der Waals surface area contributed by atoms with Gasteiger partial charge in [-0.25, -0.2) is 0 Å². The Kier molecular flexibility index (Phi) is 4.74. The second-order valence-corrected chi connectivity index (χ2v) is 5.13. The number of nitrogens with one attached hydrogen (secondary N) is 1. The van der Waals surface area contributed by atoms with Gasteiger partial charge in [0, 0.05) is 42.4 Å². The molecule has 1 heterocycles. The van der Waals surface area contributed by atoms with Crippen molar-refractivity contribution in [2.75, 3.05) is 18.5 Å². The minimum Gasteiger partial charge on any atom is -0.344 e. The highest BCUT2D eigenvalue weighted by atomic mass is 15.1. The van der Waals surface area contributed by atoms with Crippen molar-refractivity contribution in [1.29, 1.82) is 0 Å². The van der Waals surface area contributed by atoms with E-state index in [0.29, 0.717) is 0 Å². The van der Waals surface area contributed by atoms with Gasteiger partial charge in [-0.05, 0) is 44.2 Å². The molecule has 106 valence electrons. The normalized spacial score (nSPS) is 10.6. The lowest BCUT2D eigenvalue weighted by Gasteiger charge is -2.23. The Balaban J connectivity index is 2.37. The van der Waals surface area contributed by atoms with Gasteiger partial charge in [0.2, 0.25) is 0 Å². The molecule has 0 atom stereocenters. The Hall–Kier alpha value is -1.87. The van der Waals surface area contributed by atoms with Crippen molar-refractivity contribution in [2.24, 2.45) is 0 Å². The van der Waals surface area contributed by atoms with E-state index < -0.39 is 0 Å². The molecular formula is C17H23N3. The van der Waals surface area contributed by atoms with Crippen LogP contribution in [0, 0.1) is 13.8 Å². The molecule has 0 unspecified atom stereocenters. The molecule has 0 fully saturated rings. The molecule has 2 aromatic rings. The number of pyridine rings is 1. The van der Waals surface area contributed by atoms with Crippen LogP contribution in [0.4, 0.5) is 11.4 Å². The molecule has 0 amide bonds. The van der Waals surface area contributed by atoms with Crippen molar-refractivity contribution in [2.45, 2.75) is 27.3 Å². The average Bonchev–Trinajstić information content (AvgIpc) is 2.45. The molecule has 0 spiro atoms. The van der Waals surface area contributed by atoms with Crippen molar-refractivity contribution < 1.29 is 0 Å². The van der Waals surface area contributed by atoms with E-state index in [1.165, 1.54) is 22.5 Å². The first-order valence-electron chi connectivity index (χ1n) is 7.08. The number of benzene rings is 1. The fourth-order valence-corrected chi connectivity index (χ4v) is 2.26. The number of aryl methyl sites for hydroxylation is 2. The molecular weight excluding hydrogens is 246 g/mol. The van der Waals surface area contributed by atoms with Crippen molar-refractivity contribution in [3.63, 3.8) is 0 Å². The van der Waals surface area contributed by atoms with Gasteiger partial charge >= 0.3 is 0 Å². The van der Waals surface area contributed by atoms with E-state index in [4.69, 9.17) is 0 Å². The second-order valence-electron chi connectivity index (χ2n) is 5.13. The van der Waals surface area contributed by atoms with E-state index >= 15 is 0 Å². The van der Waals surface area contributed by atoms with Crippen LogP contribution < -0.4 is 10.2 Å². The summed E-state index contributed by atoms with van der Waals surface area (Å²) in [5, 5.41) is 3.38. The van der Waals surface area contributed by atoms with Crippen LogP contribution in [0.5, 0.6) is 0 Å². The number of aromatic nitrogens is 1. The van der Waals surface area contributed by atoms with E-state index in [1.54, 1.807) is 0 Å². The molecule has 0 radical (unpaired) electrons. The summed E-state index contributed by atoms with van der Waals surface area (Å²) in [5.41, 5.74) is 5.95. The number of rotatable bonds is 5. The molecule has 20 heavy (non-hydrogen) atoms. The Morgan fingerprint density at radius 2 is 2.00 bits per heavy atom. The third-order valence-electron chi connectivity index (χ3n) is 3.41. The average molecular weight is 269 g/mol. The van der Waals surface area contributed by atoms with E-state index in [-0.39, 0.29) is 0 Å². The number of hydrogen-bond donors (Lipinski definition) is 1. The van der Waals surface area contributed by atoms with E-state index in [1.807, 2.05) is 13.1 Å². The van der Waals surface area contributed by atoms with Crippen LogP contribution in [-0.4, -0.2) is 18.6 Å². The Morgan fingerprint density at radius 3 is 2.70 bits per heavy atom. The summed E-state index contributed by atoms with van der Waals surface area (Å²) in [6.45, 7) is 8.07. The number of nitrogens with zero attached hydrogens (tertiary/aromatic N) is 2. The minimum absolute atomic E-state index is 0.843. The number of hydrogen-bond acceptors (Lipinski definition) is 3. The first-order valence-corrected chi connectivity index (χ1v) is 7.08. The maximum atomic E-state index is 4.42. The fourth-order valence-electron chi connectivity index (χ4n) is 2.26. The zero-order valence-electron chi connectivity index (χ0n) is 12.8. The van der Waals surface area contributed by atoms with Gasteiger partial charge in [-0.1, -0.05) is 19.1 Å². The molecule has 0 aliphatic heterocycles. The van der Waals surface area contributed by atoms with Gasteiger partial charge in [-0.3, -0.25) is 4.98 Å². The van der Waals surface area contributed by atoms with Crippen LogP contribution in [0.15, 0.2) is 36.5 Å². The van der Waals surface area contributed by atoms with Crippen LogP contribution >= 0.6 is 0 Å². The lowest BCUT2D eigenvalue weighted by atomic mass is 10.1. The Morgan fingerprint density at radius 1 is 1.20 bits per heavy atom. The minimum atomic E-state index is 0.843. The van der Waals surface area contributed by atoms with Crippen molar-refractivity contribution in [1.82, 2.24) is 10.3 Å². The lowest BCUT2D eigenvalue weighted by molar-refractivity contribution is 0.723. The van der Waals surface area contributed by atoms with E-state index in [2.05, 4.69) is 66.4 Å². The van der Waals surface area contributed by atoms with Crippen molar-refractivity contribution in [3.8, 4) is 0 Å². The summed E-state index contributed by atoms with van der Waals surface area (Å²) in [5.74, 6) is 0. The largest absolute Gasteiger partial charge is 0.344 e. The van der Waals surface area contributed by atoms with Gasteiger partial charge < -0.3 is 10.2 Å². The second kappa shape index (κ2) is 6.53. The molecule has 0 aliphatic rings. The van der Waals surface area contributed by atoms with Crippen LogP contribution in [-0.2, 0) is 6.54 Å². The first-order chi connectivity index (χ1) is 9.61. The zero-order chi connectivity index (χ0) is 14.5. The highest BCUT2D eigenvalue weighted by Gasteiger charge is 2.10. The molecule has 1 aromatic heterocycles. The topological polar surface area (TPSA) is 28.2 Å². The molecule has 0 saturated heterocycles. The molecule has 0 saturated carbocycles. The monoisotopic (exact) mass is 269 g/mol. The summed E-state index contributed by atoms with van der Waals surface area (Å²) in [6.07, 6.45) is 1.97.